The van der Waals surface area contributed by atoms with Crippen LogP contribution in [0.3, 0.4) is 0 Å². The van der Waals surface area contributed by atoms with Crippen LogP contribution in [0.15, 0.2) is 6.20 Å². The molecule has 4 nitrogen and oxygen atoms in total. The standard InChI is InChI=1S/C14H27N3O/c1-10(8-14(4,5)18-7)16-11(2)13-9-15-17(6)12(13)3/h9-11,16H,8H2,1-7H3. The quantitative estimate of drug-likeness (QED) is 0.847. The van der Waals surface area contributed by atoms with Gasteiger partial charge in [0.25, 0.3) is 0 Å². The molecule has 104 valence electrons. The van der Waals surface area contributed by atoms with Crippen molar-refractivity contribution in [1.82, 2.24) is 15.1 Å². The van der Waals surface area contributed by atoms with E-state index in [0.29, 0.717) is 12.1 Å². The van der Waals surface area contributed by atoms with Crippen LogP contribution >= 0.6 is 0 Å². The first kappa shape index (κ1) is 15.2. The number of rotatable bonds is 6. The molecular formula is C14H27N3O. The molecular weight excluding hydrogens is 226 g/mol. The first-order valence-electron chi connectivity index (χ1n) is 6.56. The fourth-order valence-electron chi connectivity index (χ4n) is 2.34. The van der Waals surface area contributed by atoms with Gasteiger partial charge in [0.05, 0.1) is 11.8 Å². The van der Waals surface area contributed by atoms with Gasteiger partial charge in [-0.3, -0.25) is 4.68 Å². The van der Waals surface area contributed by atoms with E-state index in [1.54, 1.807) is 7.11 Å². The molecule has 2 unspecified atom stereocenters. The minimum Gasteiger partial charge on any atom is -0.379 e. The minimum atomic E-state index is -0.0872. The van der Waals surface area contributed by atoms with E-state index in [0.717, 1.165) is 6.42 Å². The van der Waals surface area contributed by atoms with Crippen LogP contribution in [0.5, 0.6) is 0 Å². The summed E-state index contributed by atoms with van der Waals surface area (Å²) in [6, 6.07) is 0.705. The molecule has 1 rings (SSSR count). The Kier molecular flexibility index (Phi) is 4.93. The minimum absolute atomic E-state index is 0.0872. The van der Waals surface area contributed by atoms with Gasteiger partial charge in [0.2, 0.25) is 0 Å². The Hall–Kier alpha value is -0.870. The number of nitrogens with zero attached hydrogens (tertiary/aromatic N) is 2. The van der Waals surface area contributed by atoms with Crippen molar-refractivity contribution >= 4 is 0 Å². The molecule has 1 aromatic rings. The second kappa shape index (κ2) is 5.85. The Morgan fingerprint density at radius 3 is 2.50 bits per heavy atom. The molecule has 0 aliphatic carbocycles. The van der Waals surface area contributed by atoms with Crippen LogP contribution in [0, 0.1) is 6.92 Å². The lowest BCUT2D eigenvalue weighted by Gasteiger charge is -2.29. The summed E-state index contributed by atoms with van der Waals surface area (Å²) in [4.78, 5) is 0. The number of aryl methyl sites for hydroxylation is 1. The van der Waals surface area contributed by atoms with Gasteiger partial charge in [-0.1, -0.05) is 0 Å². The molecule has 4 heteroatoms. The maximum Gasteiger partial charge on any atom is 0.0637 e. The van der Waals surface area contributed by atoms with Crippen LogP contribution in [0.4, 0.5) is 0 Å². The van der Waals surface area contributed by atoms with E-state index in [2.05, 4.69) is 45.0 Å². The topological polar surface area (TPSA) is 39.1 Å². The highest BCUT2D eigenvalue weighted by atomic mass is 16.5. The third-order valence-electron chi connectivity index (χ3n) is 3.62. The van der Waals surface area contributed by atoms with Gasteiger partial charge in [-0.2, -0.15) is 5.10 Å². The number of hydrogen-bond acceptors (Lipinski definition) is 3. The van der Waals surface area contributed by atoms with E-state index in [1.807, 2.05) is 17.9 Å². The van der Waals surface area contributed by atoms with E-state index >= 15 is 0 Å². The van der Waals surface area contributed by atoms with Crippen molar-refractivity contribution in [3.63, 3.8) is 0 Å². The number of ether oxygens (including phenoxy) is 1. The first-order chi connectivity index (χ1) is 8.26. The molecule has 2 atom stereocenters. The average Bonchev–Trinajstić information content (AvgIpc) is 2.59. The molecule has 1 aromatic heterocycles. The zero-order valence-corrected chi connectivity index (χ0v) is 12.7. The van der Waals surface area contributed by atoms with Crippen molar-refractivity contribution in [2.24, 2.45) is 7.05 Å². The summed E-state index contributed by atoms with van der Waals surface area (Å²) in [5.41, 5.74) is 2.39. The Bertz CT molecular complexity index is 384. The third kappa shape index (κ3) is 3.82. The smallest absolute Gasteiger partial charge is 0.0637 e. The van der Waals surface area contributed by atoms with Crippen molar-refractivity contribution in [2.45, 2.75) is 58.7 Å². The summed E-state index contributed by atoms with van der Waals surface area (Å²) < 4.78 is 7.38. The van der Waals surface area contributed by atoms with Gasteiger partial charge in [-0.05, 0) is 41.0 Å². The normalized spacial score (nSPS) is 15.7. The molecule has 1 heterocycles. The molecule has 0 fully saturated rings. The van der Waals surface area contributed by atoms with E-state index < -0.39 is 0 Å². The molecule has 0 amide bonds. The van der Waals surface area contributed by atoms with Gasteiger partial charge in [-0.25, -0.2) is 0 Å². The monoisotopic (exact) mass is 253 g/mol. The second-order valence-electron chi connectivity index (χ2n) is 5.77. The Morgan fingerprint density at radius 1 is 1.44 bits per heavy atom. The summed E-state index contributed by atoms with van der Waals surface area (Å²) in [6.45, 7) is 10.7. The first-order valence-corrected chi connectivity index (χ1v) is 6.56. The number of methoxy groups -OCH3 is 1. The van der Waals surface area contributed by atoms with Gasteiger partial charge >= 0.3 is 0 Å². The van der Waals surface area contributed by atoms with Crippen molar-refractivity contribution in [1.29, 1.82) is 0 Å². The number of hydrogen-bond donors (Lipinski definition) is 1. The second-order valence-corrected chi connectivity index (χ2v) is 5.77. The summed E-state index contributed by atoms with van der Waals surface area (Å²) in [6.07, 6.45) is 2.92. The molecule has 0 radical (unpaired) electrons. The van der Waals surface area contributed by atoms with Gasteiger partial charge in [0, 0.05) is 37.5 Å². The largest absolute Gasteiger partial charge is 0.379 e. The third-order valence-corrected chi connectivity index (χ3v) is 3.62. The van der Waals surface area contributed by atoms with Gasteiger partial charge in [0.1, 0.15) is 0 Å². The number of aromatic nitrogens is 2. The van der Waals surface area contributed by atoms with Crippen molar-refractivity contribution in [2.75, 3.05) is 7.11 Å². The van der Waals surface area contributed by atoms with Gasteiger partial charge < -0.3 is 10.1 Å². The van der Waals surface area contributed by atoms with Crippen LogP contribution < -0.4 is 5.32 Å². The summed E-state index contributed by atoms with van der Waals surface area (Å²) in [5.74, 6) is 0. The van der Waals surface area contributed by atoms with Gasteiger partial charge in [0.15, 0.2) is 0 Å². The zero-order chi connectivity index (χ0) is 13.9. The molecule has 0 aliphatic heterocycles. The molecule has 18 heavy (non-hydrogen) atoms. The Morgan fingerprint density at radius 2 is 2.06 bits per heavy atom. The average molecular weight is 253 g/mol. The van der Waals surface area contributed by atoms with E-state index in [1.165, 1.54) is 11.3 Å². The van der Waals surface area contributed by atoms with Crippen molar-refractivity contribution in [3.8, 4) is 0 Å². The maximum atomic E-state index is 5.47. The van der Waals surface area contributed by atoms with Crippen LogP contribution in [0.1, 0.15) is 51.4 Å². The molecule has 1 N–H and O–H groups in total. The van der Waals surface area contributed by atoms with Crippen molar-refractivity contribution in [3.05, 3.63) is 17.5 Å². The SMILES string of the molecule is COC(C)(C)CC(C)NC(C)c1cnn(C)c1C. The number of nitrogens with one attached hydrogen (secondary N) is 1. The lowest BCUT2D eigenvalue weighted by molar-refractivity contribution is 0.00782. The van der Waals surface area contributed by atoms with Crippen molar-refractivity contribution < 1.29 is 4.74 Å². The summed E-state index contributed by atoms with van der Waals surface area (Å²) in [7, 11) is 3.74. The van der Waals surface area contributed by atoms with Crippen LogP contribution in [0.2, 0.25) is 0 Å². The maximum absolute atomic E-state index is 5.47. The Balaban J connectivity index is 2.60. The molecule has 0 spiro atoms. The van der Waals surface area contributed by atoms with E-state index in [9.17, 15) is 0 Å². The van der Waals surface area contributed by atoms with Crippen LogP contribution in [-0.2, 0) is 11.8 Å². The fourth-order valence-corrected chi connectivity index (χ4v) is 2.34. The Labute approximate surface area is 111 Å². The predicted molar refractivity (Wildman–Crippen MR) is 74.7 cm³/mol. The lowest BCUT2D eigenvalue weighted by atomic mass is 9.98. The fraction of sp³-hybridized carbons (Fsp3) is 0.786. The highest BCUT2D eigenvalue weighted by molar-refractivity contribution is 5.19. The molecule has 0 aromatic carbocycles. The highest BCUT2D eigenvalue weighted by Gasteiger charge is 2.22. The predicted octanol–water partition coefficient (Wildman–Crippen LogP) is 2.58. The molecule has 0 saturated carbocycles. The molecule has 0 bridgehead atoms. The van der Waals surface area contributed by atoms with E-state index in [4.69, 9.17) is 4.74 Å². The summed E-state index contributed by atoms with van der Waals surface area (Å²) in [5, 5.41) is 7.89. The van der Waals surface area contributed by atoms with Crippen LogP contribution in [-0.4, -0.2) is 28.5 Å². The van der Waals surface area contributed by atoms with E-state index in [-0.39, 0.29) is 5.60 Å². The molecule has 0 aliphatic rings. The highest BCUT2D eigenvalue weighted by Crippen LogP contribution is 2.20. The zero-order valence-electron chi connectivity index (χ0n) is 12.7. The lowest BCUT2D eigenvalue weighted by Crippen LogP contribution is -2.37. The van der Waals surface area contributed by atoms with Crippen LogP contribution in [0.25, 0.3) is 0 Å². The van der Waals surface area contributed by atoms with Gasteiger partial charge in [-0.15, -0.1) is 0 Å². The molecule has 0 saturated heterocycles. The summed E-state index contributed by atoms with van der Waals surface area (Å²) >= 11 is 0.